The molecule has 1 N–H and O–H groups in total. The number of nitrogens with zero attached hydrogens (tertiary/aromatic N) is 1. The molecule has 1 aromatic carbocycles. The molecular weight excluding hydrogens is 306 g/mol. The van der Waals surface area contributed by atoms with Gasteiger partial charge < -0.3 is 14.7 Å². The van der Waals surface area contributed by atoms with Crippen molar-refractivity contribution in [3.8, 4) is 0 Å². The molecule has 130 valence electrons. The van der Waals surface area contributed by atoms with E-state index < -0.39 is 18.0 Å². The molecule has 1 saturated carbocycles. The van der Waals surface area contributed by atoms with Gasteiger partial charge in [-0.15, -0.1) is 0 Å². The van der Waals surface area contributed by atoms with Crippen molar-refractivity contribution >= 4 is 11.9 Å². The van der Waals surface area contributed by atoms with Crippen molar-refractivity contribution in [2.45, 2.75) is 50.7 Å². The number of carbonyl (C=O) groups is 2. The second-order valence-corrected chi connectivity index (χ2v) is 6.79. The van der Waals surface area contributed by atoms with Gasteiger partial charge in [-0.25, -0.2) is 0 Å². The summed E-state index contributed by atoms with van der Waals surface area (Å²) in [5, 5.41) is 9.25. The molecule has 1 heterocycles. The molecule has 5 nitrogen and oxygen atoms in total. The quantitative estimate of drug-likeness (QED) is 0.900. The minimum absolute atomic E-state index is 0.0981. The summed E-state index contributed by atoms with van der Waals surface area (Å²) in [7, 11) is 0. The van der Waals surface area contributed by atoms with Gasteiger partial charge in [-0.2, -0.15) is 0 Å². The SMILES string of the molecule is O=C(O)[C@H]1CCCN(C(=O)[C@H](OC2CCCC2)c2ccccc2)C1. The molecular formula is C19H25NO4. The van der Waals surface area contributed by atoms with Crippen molar-refractivity contribution in [1.29, 1.82) is 0 Å². The number of rotatable bonds is 5. The summed E-state index contributed by atoms with van der Waals surface area (Å²) in [6.45, 7) is 0.894. The van der Waals surface area contributed by atoms with Crippen LogP contribution in [0.1, 0.15) is 50.2 Å². The van der Waals surface area contributed by atoms with E-state index in [0.29, 0.717) is 13.0 Å². The molecule has 0 unspecified atom stereocenters. The Morgan fingerprint density at radius 2 is 1.79 bits per heavy atom. The molecule has 5 heteroatoms. The zero-order chi connectivity index (χ0) is 16.9. The van der Waals surface area contributed by atoms with E-state index in [1.165, 1.54) is 0 Å². The first-order chi connectivity index (χ1) is 11.6. The highest BCUT2D eigenvalue weighted by Crippen LogP contribution is 2.30. The lowest BCUT2D eigenvalue weighted by atomic mass is 9.97. The van der Waals surface area contributed by atoms with Crippen molar-refractivity contribution in [1.82, 2.24) is 4.90 Å². The smallest absolute Gasteiger partial charge is 0.308 e. The van der Waals surface area contributed by atoms with E-state index in [0.717, 1.165) is 37.7 Å². The number of piperidine rings is 1. The molecule has 1 aromatic rings. The minimum atomic E-state index is -0.819. The van der Waals surface area contributed by atoms with E-state index in [4.69, 9.17) is 4.74 Å². The molecule has 1 aliphatic heterocycles. The number of carbonyl (C=O) groups excluding carboxylic acids is 1. The third kappa shape index (κ3) is 3.96. The van der Waals surface area contributed by atoms with E-state index in [2.05, 4.69) is 0 Å². The Bertz CT molecular complexity index is 568. The molecule has 0 bridgehead atoms. The maximum Gasteiger partial charge on any atom is 0.308 e. The number of aliphatic carboxylic acids is 1. The average Bonchev–Trinajstić information content (AvgIpc) is 3.13. The summed E-state index contributed by atoms with van der Waals surface area (Å²) >= 11 is 0. The molecule has 2 atom stereocenters. The number of hydrogen-bond donors (Lipinski definition) is 1. The molecule has 3 rings (SSSR count). The molecule has 0 aromatic heterocycles. The highest BCUT2D eigenvalue weighted by atomic mass is 16.5. The predicted molar refractivity (Wildman–Crippen MR) is 89.5 cm³/mol. The molecule has 0 spiro atoms. The van der Waals surface area contributed by atoms with Crippen LogP contribution in [0.4, 0.5) is 0 Å². The Balaban J connectivity index is 1.76. The number of hydrogen-bond acceptors (Lipinski definition) is 3. The van der Waals surface area contributed by atoms with E-state index in [1.807, 2.05) is 30.3 Å². The average molecular weight is 331 g/mol. The number of benzene rings is 1. The van der Waals surface area contributed by atoms with Crippen molar-refractivity contribution in [3.05, 3.63) is 35.9 Å². The first-order valence-electron chi connectivity index (χ1n) is 8.87. The standard InChI is InChI=1S/C19H25NO4/c21-18(20-12-6-9-15(13-20)19(22)23)17(14-7-2-1-3-8-14)24-16-10-4-5-11-16/h1-3,7-8,15-17H,4-6,9-13H2,(H,22,23)/t15-,17+/m0/s1. The first-order valence-corrected chi connectivity index (χ1v) is 8.87. The fraction of sp³-hybridized carbons (Fsp3) is 0.579. The van der Waals surface area contributed by atoms with Gasteiger partial charge in [0.1, 0.15) is 0 Å². The van der Waals surface area contributed by atoms with Crippen LogP contribution in [0.25, 0.3) is 0 Å². The normalized spacial score (nSPS) is 23.2. The Labute approximate surface area is 142 Å². The largest absolute Gasteiger partial charge is 0.481 e. The number of carboxylic acids is 1. The summed E-state index contributed by atoms with van der Waals surface area (Å²) in [4.78, 5) is 26.0. The summed E-state index contributed by atoms with van der Waals surface area (Å²) in [6, 6.07) is 9.56. The Kier molecular flexibility index (Phi) is 5.51. The van der Waals surface area contributed by atoms with Crippen molar-refractivity contribution in [3.63, 3.8) is 0 Å². The van der Waals surface area contributed by atoms with Crippen LogP contribution in [0.2, 0.25) is 0 Å². The molecule has 2 fully saturated rings. The van der Waals surface area contributed by atoms with Crippen molar-refractivity contribution in [2.75, 3.05) is 13.1 Å². The second-order valence-electron chi connectivity index (χ2n) is 6.79. The van der Waals surface area contributed by atoms with Crippen LogP contribution in [0.5, 0.6) is 0 Å². The Morgan fingerprint density at radius 3 is 2.46 bits per heavy atom. The molecule has 0 radical (unpaired) electrons. The van der Waals surface area contributed by atoms with Gasteiger partial charge in [0, 0.05) is 13.1 Å². The van der Waals surface area contributed by atoms with Crippen LogP contribution in [0.3, 0.4) is 0 Å². The van der Waals surface area contributed by atoms with Gasteiger partial charge in [0.05, 0.1) is 12.0 Å². The number of amides is 1. The predicted octanol–water partition coefficient (Wildman–Crippen LogP) is 3.01. The Hall–Kier alpha value is -1.88. The van der Waals surface area contributed by atoms with E-state index in [9.17, 15) is 14.7 Å². The van der Waals surface area contributed by atoms with Gasteiger partial charge >= 0.3 is 5.97 Å². The fourth-order valence-corrected chi connectivity index (χ4v) is 3.67. The van der Waals surface area contributed by atoms with Gasteiger partial charge in [-0.1, -0.05) is 43.2 Å². The third-order valence-electron chi connectivity index (χ3n) is 5.04. The Morgan fingerprint density at radius 1 is 1.08 bits per heavy atom. The summed E-state index contributed by atoms with van der Waals surface area (Å²) in [6.07, 6.45) is 5.15. The van der Waals surface area contributed by atoms with Crippen molar-refractivity contribution in [2.24, 2.45) is 5.92 Å². The summed E-state index contributed by atoms with van der Waals surface area (Å²) in [5.74, 6) is -1.38. The number of likely N-dealkylation sites (tertiary alicyclic amines) is 1. The zero-order valence-corrected chi connectivity index (χ0v) is 13.9. The van der Waals surface area contributed by atoms with Crippen LogP contribution in [-0.2, 0) is 14.3 Å². The summed E-state index contributed by atoms with van der Waals surface area (Å²) < 4.78 is 6.17. The minimum Gasteiger partial charge on any atom is -0.481 e. The lowest BCUT2D eigenvalue weighted by Crippen LogP contribution is -2.45. The fourth-order valence-electron chi connectivity index (χ4n) is 3.67. The topological polar surface area (TPSA) is 66.8 Å². The van der Waals surface area contributed by atoms with Crippen LogP contribution < -0.4 is 0 Å². The van der Waals surface area contributed by atoms with E-state index >= 15 is 0 Å². The molecule has 24 heavy (non-hydrogen) atoms. The maximum absolute atomic E-state index is 13.1. The lowest BCUT2D eigenvalue weighted by molar-refractivity contribution is -0.153. The van der Waals surface area contributed by atoms with Gasteiger partial charge in [0.2, 0.25) is 0 Å². The lowest BCUT2D eigenvalue weighted by Gasteiger charge is -2.34. The highest BCUT2D eigenvalue weighted by molar-refractivity contribution is 5.83. The van der Waals surface area contributed by atoms with Crippen LogP contribution in [-0.4, -0.2) is 41.1 Å². The third-order valence-corrected chi connectivity index (χ3v) is 5.04. The van der Waals surface area contributed by atoms with Gasteiger partial charge in [0.25, 0.3) is 5.91 Å². The van der Waals surface area contributed by atoms with Crippen molar-refractivity contribution < 1.29 is 19.4 Å². The van der Waals surface area contributed by atoms with Gasteiger partial charge in [-0.05, 0) is 31.2 Å². The molecule has 1 aliphatic carbocycles. The second kappa shape index (κ2) is 7.79. The zero-order valence-electron chi connectivity index (χ0n) is 13.9. The van der Waals surface area contributed by atoms with Crippen LogP contribution in [0.15, 0.2) is 30.3 Å². The van der Waals surface area contributed by atoms with Crippen LogP contribution in [0, 0.1) is 5.92 Å². The number of carboxylic acid groups (broad SMARTS) is 1. The number of ether oxygens (including phenoxy) is 1. The molecule has 2 aliphatic rings. The molecule has 1 saturated heterocycles. The summed E-state index contributed by atoms with van der Waals surface area (Å²) in [5.41, 5.74) is 0.854. The van der Waals surface area contributed by atoms with E-state index in [-0.39, 0.29) is 18.6 Å². The maximum atomic E-state index is 13.1. The highest BCUT2D eigenvalue weighted by Gasteiger charge is 2.34. The van der Waals surface area contributed by atoms with E-state index in [1.54, 1.807) is 4.90 Å². The molecule has 1 amide bonds. The first kappa shape index (κ1) is 17.0. The van der Waals surface area contributed by atoms with Crippen LogP contribution >= 0.6 is 0 Å². The van der Waals surface area contributed by atoms with Gasteiger partial charge in [-0.3, -0.25) is 9.59 Å². The monoisotopic (exact) mass is 331 g/mol. The van der Waals surface area contributed by atoms with Gasteiger partial charge in [0.15, 0.2) is 6.10 Å².